The molecule has 1 heterocycles. The van der Waals surface area contributed by atoms with E-state index in [0.29, 0.717) is 10.7 Å². The lowest BCUT2D eigenvalue weighted by molar-refractivity contribution is -0.137. The first-order valence-corrected chi connectivity index (χ1v) is 6.58. The number of hydrogen-bond donors (Lipinski definition) is 1. The first kappa shape index (κ1) is 14.5. The van der Waals surface area contributed by atoms with E-state index in [4.69, 9.17) is 0 Å². The van der Waals surface area contributed by atoms with Crippen molar-refractivity contribution in [2.24, 2.45) is 5.10 Å². The zero-order valence-corrected chi connectivity index (χ0v) is 11.6. The summed E-state index contributed by atoms with van der Waals surface area (Å²) in [7, 11) is 0. The lowest BCUT2D eigenvalue weighted by Gasteiger charge is -2.06. The standard InChI is InChI=1S/C13H12F3N3S/c1-8-9(2)20-12(18-8)19-17-7-10-4-3-5-11(6-10)13(14,15)16/h3-7H,1-2H3,(H,18,19)/b17-7-. The summed E-state index contributed by atoms with van der Waals surface area (Å²) in [6.07, 6.45) is -3.01. The minimum atomic E-state index is -4.35. The average Bonchev–Trinajstić information content (AvgIpc) is 2.68. The van der Waals surface area contributed by atoms with Crippen LogP contribution in [0.25, 0.3) is 0 Å². The van der Waals surface area contributed by atoms with Crippen LogP contribution in [0.5, 0.6) is 0 Å². The van der Waals surface area contributed by atoms with Gasteiger partial charge in [-0.3, -0.25) is 5.43 Å². The van der Waals surface area contributed by atoms with Gasteiger partial charge in [0.25, 0.3) is 0 Å². The SMILES string of the molecule is Cc1nc(N/N=C\c2cccc(C(F)(F)F)c2)sc1C. The number of thiazole rings is 1. The van der Waals surface area contributed by atoms with Gasteiger partial charge in [-0.2, -0.15) is 18.3 Å². The number of aryl methyl sites for hydroxylation is 2. The van der Waals surface area contributed by atoms with Crippen molar-refractivity contribution in [2.45, 2.75) is 20.0 Å². The first-order chi connectivity index (χ1) is 9.36. The summed E-state index contributed by atoms with van der Waals surface area (Å²) in [5.74, 6) is 0. The number of anilines is 1. The van der Waals surface area contributed by atoms with E-state index >= 15 is 0 Å². The zero-order chi connectivity index (χ0) is 14.8. The summed E-state index contributed by atoms with van der Waals surface area (Å²) in [5, 5.41) is 4.51. The number of nitrogens with zero attached hydrogens (tertiary/aromatic N) is 2. The Morgan fingerprint density at radius 2 is 2.05 bits per heavy atom. The van der Waals surface area contributed by atoms with Crippen molar-refractivity contribution in [1.29, 1.82) is 0 Å². The molecule has 0 radical (unpaired) electrons. The molecule has 20 heavy (non-hydrogen) atoms. The molecule has 3 nitrogen and oxygen atoms in total. The zero-order valence-electron chi connectivity index (χ0n) is 10.8. The van der Waals surface area contributed by atoms with Crippen molar-refractivity contribution < 1.29 is 13.2 Å². The monoisotopic (exact) mass is 299 g/mol. The fourth-order valence-corrected chi connectivity index (χ4v) is 2.24. The van der Waals surface area contributed by atoms with Gasteiger partial charge in [-0.1, -0.05) is 12.1 Å². The minimum Gasteiger partial charge on any atom is -0.253 e. The fraction of sp³-hybridized carbons (Fsp3) is 0.231. The van der Waals surface area contributed by atoms with E-state index in [-0.39, 0.29) is 0 Å². The minimum absolute atomic E-state index is 0.373. The van der Waals surface area contributed by atoms with Gasteiger partial charge in [0.2, 0.25) is 5.13 Å². The summed E-state index contributed by atoms with van der Waals surface area (Å²) in [6.45, 7) is 3.82. The molecule has 2 rings (SSSR count). The van der Waals surface area contributed by atoms with Crippen LogP contribution in [0.1, 0.15) is 21.7 Å². The number of alkyl halides is 3. The van der Waals surface area contributed by atoms with E-state index in [9.17, 15) is 13.2 Å². The predicted octanol–water partition coefficient (Wildman–Crippen LogP) is 4.22. The number of hydrogen-bond acceptors (Lipinski definition) is 4. The summed E-state index contributed by atoms with van der Waals surface area (Å²) >= 11 is 1.44. The highest BCUT2D eigenvalue weighted by Crippen LogP contribution is 2.29. The Morgan fingerprint density at radius 3 is 2.65 bits per heavy atom. The van der Waals surface area contributed by atoms with Crippen LogP contribution in [-0.2, 0) is 6.18 Å². The molecule has 0 bridgehead atoms. The molecule has 0 aliphatic rings. The Morgan fingerprint density at radius 1 is 1.30 bits per heavy atom. The van der Waals surface area contributed by atoms with E-state index in [0.717, 1.165) is 22.7 Å². The van der Waals surface area contributed by atoms with Crippen molar-refractivity contribution >= 4 is 22.7 Å². The van der Waals surface area contributed by atoms with E-state index in [1.165, 1.54) is 23.6 Å². The highest BCUT2D eigenvalue weighted by atomic mass is 32.1. The van der Waals surface area contributed by atoms with Gasteiger partial charge in [0, 0.05) is 4.88 Å². The second-order valence-corrected chi connectivity index (χ2v) is 5.36. The van der Waals surface area contributed by atoms with Crippen molar-refractivity contribution in [3.63, 3.8) is 0 Å². The Kier molecular flexibility index (Phi) is 4.08. The lowest BCUT2D eigenvalue weighted by atomic mass is 10.1. The number of aromatic nitrogens is 1. The molecule has 1 aromatic carbocycles. The largest absolute Gasteiger partial charge is 0.416 e. The smallest absolute Gasteiger partial charge is 0.253 e. The number of halogens is 3. The Balaban J connectivity index is 2.08. The molecule has 0 fully saturated rings. The van der Waals surface area contributed by atoms with Crippen molar-refractivity contribution in [2.75, 3.05) is 5.43 Å². The number of hydrazone groups is 1. The Bertz CT molecular complexity index is 613. The highest BCUT2D eigenvalue weighted by Gasteiger charge is 2.30. The van der Waals surface area contributed by atoms with Crippen LogP contribution in [0.15, 0.2) is 29.4 Å². The molecule has 1 aromatic heterocycles. The third-order valence-corrected chi connectivity index (χ3v) is 3.59. The fourth-order valence-electron chi connectivity index (χ4n) is 1.48. The molecule has 7 heteroatoms. The van der Waals surface area contributed by atoms with Gasteiger partial charge in [0.15, 0.2) is 0 Å². The van der Waals surface area contributed by atoms with Crippen molar-refractivity contribution in [3.8, 4) is 0 Å². The van der Waals surface area contributed by atoms with Crippen LogP contribution < -0.4 is 5.43 Å². The molecular formula is C13H12F3N3S. The molecule has 2 aromatic rings. The molecule has 0 spiro atoms. The van der Waals surface area contributed by atoms with Crippen LogP contribution in [0.3, 0.4) is 0 Å². The third-order valence-electron chi connectivity index (χ3n) is 2.62. The van der Waals surface area contributed by atoms with Gasteiger partial charge < -0.3 is 0 Å². The van der Waals surface area contributed by atoms with Crippen LogP contribution in [0.2, 0.25) is 0 Å². The average molecular weight is 299 g/mol. The lowest BCUT2D eigenvalue weighted by Crippen LogP contribution is -2.05. The highest BCUT2D eigenvalue weighted by molar-refractivity contribution is 7.15. The quantitative estimate of drug-likeness (QED) is 0.680. The molecule has 106 valence electrons. The Labute approximate surface area is 118 Å². The maximum Gasteiger partial charge on any atom is 0.416 e. The van der Waals surface area contributed by atoms with Gasteiger partial charge in [-0.15, -0.1) is 11.3 Å². The molecule has 0 saturated heterocycles. The molecule has 0 saturated carbocycles. The second kappa shape index (κ2) is 5.62. The van der Waals surface area contributed by atoms with Crippen LogP contribution in [0.4, 0.5) is 18.3 Å². The molecule has 0 unspecified atom stereocenters. The molecule has 0 aliphatic carbocycles. The Hall–Kier alpha value is -1.89. The summed E-state index contributed by atoms with van der Waals surface area (Å²) in [5.41, 5.74) is 3.30. The van der Waals surface area contributed by atoms with Gasteiger partial charge in [0.1, 0.15) is 0 Å². The summed E-state index contributed by atoms with van der Waals surface area (Å²) in [4.78, 5) is 5.28. The van der Waals surface area contributed by atoms with Crippen LogP contribution >= 0.6 is 11.3 Å². The van der Waals surface area contributed by atoms with Gasteiger partial charge in [-0.25, -0.2) is 4.98 Å². The number of rotatable bonds is 3. The molecular weight excluding hydrogens is 287 g/mol. The van der Waals surface area contributed by atoms with E-state index in [1.807, 2.05) is 13.8 Å². The molecule has 1 N–H and O–H groups in total. The van der Waals surface area contributed by atoms with Crippen LogP contribution in [0, 0.1) is 13.8 Å². The van der Waals surface area contributed by atoms with Crippen molar-refractivity contribution in [1.82, 2.24) is 4.98 Å². The van der Waals surface area contributed by atoms with Gasteiger partial charge in [-0.05, 0) is 31.5 Å². The van der Waals surface area contributed by atoms with Gasteiger partial charge in [0.05, 0.1) is 17.5 Å². The van der Waals surface area contributed by atoms with Crippen molar-refractivity contribution in [3.05, 3.63) is 46.0 Å². The van der Waals surface area contributed by atoms with E-state index in [1.54, 1.807) is 6.07 Å². The molecule has 0 amide bonds. The molecule has 0 aliphatic heterocycles. The van der Waals surface area contributed by atoms with E-state index < -0.39 is 11.7 Å². The van der Waals surface area contributed by atoms with E-state index in [2.05, 4.69) is 15.5 Å². The van der Waals surface area contributed by atoms with Crippen LogP contribution in [-0.4, -0.2) is 11.2 Å². The first-order valence-electron chi connectivity index (χ1n) is 5.76. The topological polar surface area (TPSA) is 37.3 Å². The summed E-state index contributed by atoms with van der Waals surface area (Å²) < 4.78 is 37.6. The maximum atomic E-state index is 12.5. The third kappa shape index (κ3) is 3.57. The predicted molar refractivity (Wildman–Crippen MR) is 74.2 cm³/mol. The summed E-state index contributed by atoms with van der Waals surface area (Å²) in [6, 6.07) is 4.97. The van der Waals surface area contributed by atoms with Gasteiger partial charge >= 0.3 is 6.18 Å². The molecule has 0 atom stereocenters. The second-order valence-electron chi connectivity index (χ2n) is 4.15. The maximum absolute atomic E-state index is 12.5. The number of nitrogens with one attached hydrogen (secondary N) is 1. The normalized spacial score (nSPS) is 12.1. The number of benzene rings is 1.